The van der Waals surface area contributed by atoms with E-state index < -0.39 is 6.04 Å². The van der Waals surface area contributed by atoms with Crippen molar-refractivity contribution in [1.82, 2.24) is 5.32 Å². The fraction of sp³-hybridized carbons (Fsp3) is 0.171. The average Bonchev–Trinajstić information content (AvgIpc) is 3.47. The van der Waals surface area contributed by atoms with Crippen LogP contribution in [0.1, 0.15) is 29.3 Å². The number of ether oxygens (including phenoxy) is 1. The van der Waals surface area contributed by atoms with Crippen molar-refractivity contribution >= 4 is 40.1 Å². The van der Waals surface area contributed by atoms with Crippen LogP contribution in [0.3, 0.4) is 0 Å². The molecule has 0 spiro atoms. The highest BCUT2D eigenvalue weighted by Gasteiger charge is 2.20. The Kier molecular flexibility index (Phi) is 9.66. The van der Waals surface area contributed by atoms with Crippen LogP contribution < -0.4 is 16.0 Å². The summed E-state index contributed by atoms with van der Waals surface area (Å²) in [5.41, 5.74) is 4.09. The molecule has 8 nitrogen and oxygen atoms in total. The van der Waals surface area contributed by atoms with E-state index in [0.717, 1.165) is 27.9 Å². The number of hydrogen-bond donors (Lipinski definition) is 3. The first-order valence-electron chi connectivity index (χ1n) is 14.3. The minimum atomic E-state index is -0.709. The first-order valence-corrected chi connectivity index (χ1v) is 14.3. The molecule has 44 heavy (non-hydrogen) atoms. The van der Waals surface area contributed by atoms with Gasteiger partial charge >= 0.3 is 5.97 Å². The third kappa shape index (κ3) is 7.89. The predicted octanol–water partition coefficient (Wildman–Crippen LogP) is 6.58. The van der Waals surface area contributed by atoms with Crippen molar-refractivity contribution in [3.8, 4) is 11.3 Å². The van der Waals surface area contributed by atoms with Crippen molar-refractivity contribution in [3.63, 3.8) is 0 Å². The summed E-state index contributed by atoms with van der Waals surface area (Å²) in [4.78, 5) is 37.5. The molecule has 4 aromatic carbocycles. The minimum absolute atomic E-state index is 0.0853. The van der Waals surface area contributed by atoms with E-state index in [1.54, 1.807) is 43.3 Å². The lowest BCUT2D eigenvalue weighted by Crippen LogP contribution is -2.36. The molecule has 0 aliphatic heterocycles. The maximum atomic E-state index is 13.5. The SMILES string of the molecule is CCOC(=O)CCNC(=O)c1ccc(N[C@@H](Cc2ccc(F)cc2)C(=O)Nc2ccc(-c3cc4ccccc4o3)cc2)cc1. The Labute approximate surface area is 254 Å². The normalized spacial score (nSPS) is 11.5. The van der Waals surface area contributed by atoms with E-state index in [1.165, 1.54) is 12.1 Å². The van der Waals surface area contributed by atoms with Crippen molar-refractivity contribution in [2.24, 2.45) is 0 Å². The van der Waals surface area contributed by atoms with Gasteiger partial charge in [0.25, 0.3) is 5.91 Å². The number of esters is 1. The van der Waals surface area contributed by atoms with E-state index in [1.807, 2.05) is 54.6 Å². The zero-order chi connectivity index (χ0) is 30.9. The number of anilines is 2. The molecule has 0 unspecified atom stereocenters. The number of benzene rings is 4. The maximum absolute atomic E-state index is 13.5. The minimum Gasteiger partial charge on any atom is -0.466 e. The lowest BCUT2D eigenvalue weighted by Gasteiger charge is -2.20. The number of fused-ring (bicyclic) bond motifs is 1. The van der Waals surface area contributed by atoms with Crippen LogP contribution in [0.2, 0.25) is 0 Å². The molecule has 0 aliphatic carbocycles. The molecular weight excluding hydrogens is 561 g/mol. The van der Waals surface area contributed by atoms with Crippen LogP contribution in [0.25, 0.3) is 22.3 Å². The monoisotopic (exact) mass is 593 g/mol. The first-order chi connectivity index (χ1) is 21.4. The molecule has 224 valence electrons. The van der Waals surface area contributed by atoms with Crippen LogP contribution in [-0.4, -0.2) is 37.0 Å². The molecule has 0 aliphatic rings. The first kappa shape index (κ1) is 30.0. The molecule has 5 aromatic rings. The summed E-state index contributed by atoms with van der Waals surface area (Å²) in [5.74, 6) is -0.612. The predicted molar refractivity (Wildman–Crippen MR) is 168 cm³/mol. The molecule has 3 N–H and O–H groups in total. The largest absolute Gasteiger partial charge is 0.466 e. The van der Waals surface area contributed by atoms with E-state index in [9.17, 15) is 18.8 Å². The fourth-order valence-electron chi connectivity index (χ4n) is 4.67. The molecule has 1 aromatic heterocycles. The summed E-state index contributed by atoms with van der Waals surface area (Å²) in [7, 11) is 0. The van der Waals surface area contributed by atoms with Gasteiger partial charge in [-0.3, -0.25) is 14.4 Å². The fourth-order valence-corrected chi connectivity index (χ4v) is 4.67. The highest BCUT2D eigenvalue weighted by atomic mass is 19.1. The third-order valence-electron chi connectivity index (χ3n) is 6.94. The van der Waals surface area contributed by atoms with Crippen molar-refractivity contribution in [2.75, 3.05) is 23.8 Å². The summed E-state index contributed by atoms with van der Waals surface area (Å²) in [6.07, 6.45) is 0.376. The Morgan fingerprint density at radius 3 is 2.27 bits per heavy atom. The van der Waals surface area contributed by atoms with E-state index in [-0.39, 0.29) is 43.2 Å². The number of para-hydroxylation sites is 1. The quantitative estimate of drug-likeness (QED) is 0.141. The summed E-state index contributed by atoms with van der Waals surface area (Å²) in [6, 6.07) is 29.1. The zero-order valence-corrected chi connectivity index (χ0v) is 24.1. The van der Waals surface area contributed by atoms with Gasteiger partial charge in [0.1, 0.15) is 23.2 Å². The van der Waals surface area contributed by atoms with Crippen LogP contribution >= 0.6 is 0 Å². The Balaban J connectivity index is 1.25. The van der Waals surface area contributed by atoms with Gasteiger partial charge in [0.2, 0.25) is 5.91 Å². The van der Waals surface area contributed by atoms with E-state index >= 15 is 0 Å². The highest BCUT2D eigenvalue weighted by molar-refractivity contribution is 5.97. The van der Waals surface area contributed by atoms with Crippen LogP contribution in [0.4, 0.5) is 15.8 Å². The van der Waals surface area contributed by atoms with Crippen LogP contribution in [-0.2, 0) is 20.7 Å². The second-order valence-corrected chi connectivity index (χ2v) is 10.1. The summed E-state index contributed by atoms with van der Waals surface area (Å²) >= 11 is 0. The molecular formula is C35H32FN3O5. The number of rotatable bonds is 12. The summed E-state index contributed by atoms with van der Waals surface area (Å²) in [6.45, 7) is 2.18. The second-order valence-electron chi connectivity index (χ2n) is 10.1. The van der Waals surface area contributed by atoms with Gasteiger partial charge in [-0.05, 0) is 85.3 Å². The Morgan fingerprint density at radius 2 is 1.57 bits per heavy atom. The van der Waals surface area contributed by atoms with Gasteiger partial charge in [-0.25, -0.2) is 4.39 Å². The summed E-state index contributed by atoms with van der Waals surface area (Å²) < 4.78 is 24.3. The smallest absolute Gasteiger partial charge is 0.307 e. The zero-order valence-electron chi connectivity index (χ0n) is 24.1. The van der Waals surface area contributed by atoms with Gasteiger partial charge in [-0.2, -0.15) is 0 Å². The van der Waals surface area contributed by atoms with Gasteiger partial charge in [-0.1, -0.05) is 30.3 Å². The molecule has 0 radical (unpaired) electrons. The Bertz CT molecular complexity index is 1700. The molecule has 0 fully saturated rings. The molecule has 0 saturated carbocycles. The average molecular weight is 594 g/mol. The molecule has 9 heteroatoms. The van der Waals surface area contributed by atoms with Crippen LogP contribution in [0.5, 0.6) is 0 Å². The topological polar surface area (TPSA) is 110 Å². The number of carbonyl (C=O) groups excluding carboxylic acids is 3. The number of amides is 2. The second kappa shape index (κ2) is 14.2. The number of hydrogen-bond acceptors (Lipinski definition) is 6. The molecule has 1 atom stereocenters. The molecule has 5 rings (SSSR count). The lowest BCUT2D eigenvalue weighted by atomic mass is 10.0. The van der Waals surface area contributed by atoms with Crippen molar-refractivity contribution < 1.29 is 27.9 Å². The Hall–Kier alpha value is -5.44. The summed E-state index contributed by atoms with van der Waals surface area (Å²) in [5, 5.41) is 9.90. The van der Waals surface area contributed by atoms with Crippen LogP contribution in [0.15, 0.2) is 108 Å². The molecule has 0 saturated heterocycles. The molecule has 0 bridgehead atoms. The van der Waals surface area contributed by atoms with Gasteiger partial charge in [0, 0.05) is 40.9 Å². The van der Waals surface area contributed by atoms with Gasteiger partial charge in [0.15, 0.2) is 0 Å². The van der Waals surface area contributed by atoms with Gasteiger partial charge in [-0.15, -0.1) is 0 Å². The van der Waals surface area contributed by atoms with Crippen LogP contribution in [0, 0.1) is 5.82 Å². The highest BCUT2D eigenvalue weighted by Crippen LogP contribution is 2.28. The van der Waals surface area contributed by atoms with Crippen molar-refractivity contribution in [1.29, 1.82) is 0 Å². The number of carbonyl (C=O) groups is 3. The van der Waals surface area contributed by atoms with E-state index in [0.29, 0.717) is 23.4 Å². The molecule has 2 amide bonds. The van der Waals surface area contributed by atoms with Crippen molar-refractivity contribution in [3.05, 3.63) is 120 Å². The lowest BCUT2D eigenvalue weighted by molar-refractivity contribution is -0.142. The van der Waals surface area contributed by atoms with Crippen molar-refractivity contribution in [2.45, 2.75) is 25.8 Å². The molecule has 1 heterocycles. The third-order valence-corrected chi connectivity index (χ3v) is 6.94. The number of furan rings is 1. The number of halogens is 1. The van der Waals surface area contributed by atoms with E-state index in [4.69, 9.17) is 9.15 Å². The maximum Gasteiger partial charge on any atom is 0.307 e. The van der Waals surface area contributed by atoms with Gasteiger partial charge < -0.3 is 25.1 Å². The van der Waals surface area contributed by atoms with Gasteiger partial charge in [0.05, 0.1) is 13.0 Å². The number of nitrogens with one attached hydrogen (secondary N) is 3. The van der Waals surface area contributed by atoms with E-state index in [2.05, 4.69) is 16.0 Å². The standard InChI is InChI=1S/C35H32FN3O5/c1-2-43-33(40)19-20-37-34(41)25-11-17-28(18-12-25)38-30(21-23-7-13-27(36)14-8-23)35(42)39-29-15-9-24(10-16-29)32-22-26-5-3-4-6-31(26)44-32/h3-18,22,30,38H,2,19-21H2,1H3,(H,37,41)(H,39,42)/t30-/m0/s1. The Morgan fingerprint density at radius 1 is 0.864 bits per heavy atom.